The number of hydrogen-bond acceptors (Lipinski definition) is 4. The third-order valence-electron chi connectivity index (χ3n) is 5.88. The van der Waals surface area contributed by atoms with Crippen molar-refractivity contribution in [2.75, 3.05) is 30.2 Å². The van der Waals surface area contributed by atoms with Crippen molar-refractivity contribution in [3.8, 4) is 0 Å². The average Bonchev–Trinajstić information content (AvgIpc) is 2.57. The lowest BCUT2D eigenvalue weighted by Gasteiger charge is -2.39. The number of anilines is 1. The Morgan fingerprint density at radius 3 is 2.72 bits per heavy atom. The van der Waals surface area contributed by atoms with Gasteiger partial charge in [-0.05, 0) is 62.3 Å². The Hall–Kier alpha value is -1.11. The van der Waals surface area contributed by atoms with Gasteiger partial charge in [0.15, 0.2) is 0 Å². The first-order chi connectivity index (χ1) is 11.8. The molecule has 1 fully saturated rings. The van der Waals surface area contributed by atoms with E-state index in [1.807, 2.05) is 18.2 Å². The van der Waals surface area contributed by atoms with Crippen molar-refractivity contribution in [3.63, 3.8) is 0 Å². The molecule has 1 aromatic rings. The van der Waals surface area contributed by atoms with Crippen LogP contribution in [0.5, 0.6) is 0 Å². The first-order valence-electron chi connectivity index (χ1n) is 9.30. The third kappa shape index (κ3) is 4.01. The van der Waals surface area contributed by atoms with Crippen LogP contribution < -0.4 is 4.31 Å². The molecule has 6 heteroatoms. The molecule has 0 unspecified atom stereocenters. The van der Waals surface area contributed by atoms with Gasteiger partial charge in [-0.15, -0.1) is 0 Å². The number of nitrogens with zero attached hydrogens (tertiary/aromatic N) is 2. The van der Waals surface area contributed by atoms with Crippen LogP contribution in [0, 0.1) is 5.92 Å². The number of piperidine rings is 1. The van der Waals surface area contributed by atoms with E-state index in [4.69, 9.17) is 0 Å². The number of aryl methyl sites for hydroxylation is 1. The van der Waals surface area contributed by atoms with Gasteiger partial charge in [0, 0.05) is 19.1 Å². The molecule has 2 heterocycles. The fourth-order valence-electron chi connectivity index (χ4n) is 4.14. The normalized spacial score (nSPS) is 26.3. The van der Waals surface area contributed by atoms with Gasteiger partial charge < -0.3 is 5.11 Å². The Morgan fingerprint density at radius 1 is 1.24 bits per heavy atom. The molecule has 0 amide bonds. The van der Waals surface area contributed by atoms with Gasteiger partial charge in [-0.1, -0.05) is 19.1 Å². The summed E-state index contributed by atoms with van der Waals surface area (Å²) in [5.74, 6) is 0.660. The van der Waals surface area contributed by atoms with E-state index in [1.54, 1.807) is 0 Å². The Labute approximate surface area is 151 Å². The fraction of sp³-hybridized carbons (Fsp3) is 0.684. The zero-order valence-electron chi connectivity index (χ0n) is 15.5. The number of rotatable bonds is 4. The molecule has 0 saturated carbocycles. The largest absolute Gasteiger partial charge is 0.387 e. The van der Waals surface area contributed by atoms with Gasteiger partial charge in [-0.25, -0.2) is 8.42 Å². The van der Waals surface area contributed by atoms with E-state index in [-0.39, 0.29) is 0 Å². The van der Waals surface area contributed by atoms with E-state index in [9.17, 15) is 13.5 Å². The molecular weight excluding hydrogens is 336 g/mol. The lowest BCUT2D eigenvalue weighted by atomic mass is 9.91. The highest BCUT2D eigenvalue weighted by atomic mass is 32.2. The standard InChI is InChI=1S/C19H30N2O3S/c1-14-6-4-10-20(15(14)2)13-19(22)17-8-9-18-16(12-17)7-5-11-21(18)25(3,23)24/h8-9,12,14-15,19,22H,4-7,10-11,13H2,1-3H3/t14-,15-,19+/m1/s1. The second kappa shape index (κ2) is 7.25. The van der Waals surface area contributed by atoms with Gasteiger partial charge in [0.1, 0.15) is 0 Å². The molecule has 2 aliphatic heterocycles. The molecule has 140 valence electrons. The second-order valence-electron chi connectivity index (χ2n) is 7.70. The maximum absolute atomic E-state index is 12.0. The summed E-state index contributed by atoms with van der Waals surface area (Å²) in [6, 6.07) is 6.22. The predicted octanol–water partition coefficient (Wildman–Crippen LogP) is 2.55. The average molecular weight is 367 g/mol. The Kier molecular flexibility index (Phi) is 5.42. The van der Waals surface area contributed by atoms with Crippen LogP contribution >= 0.6 is 0 Å². The minimum atomic E-state index is -3.25. The number of benzene rings is 1. The van der Waals surface area contributed by atoms with Crippen molar-refractivity contribution in [1.82, 2.24) is 4.90 Å². The lowest BCUT2D eigenvalue weighted by molar-refractivity contribution is 0.0512. The first kappa shape index (κ1) is 18.7. The predicted molar refractivity (Wildman–Crippen MR) is 101 cm³/mol. The highest BCUT2D eigenvalue weighted by Crippen LogP contribution is 2.32. The van der Waals surface area contributed by atoms with Crippen molar-refractivity contribution < 1.29 is 13.5 Å². The molecular formula is C19H30N2O3S. The smallest absolute Gasteiger partial charge is 0.232 e. The molecule has 1 saturated heterocycles. The number of aliphatic hydroxyl groups is 1. The summed E-state index contributed by atoms with van der Waals surface area (Å²) in [6.07, 6.45) is 4.84. The van der Waals surface area contributed by atoms with E-state index in [1.165, 1.54) is 23.4 Å². The molecule has 0 spiro atoms. The molecule has 3 atom stereocenters. The van der Waals surface area contributed by atoms with Gasteiger partial charge in [0.05, 0.1) is 18.0 Å². The Morgan fingerprint density at radius 2 is 2.00 bits per heavy atom. The molecule has 0 bridgehead atoms. The van der Waals surface area contributed by atoms with Gasteiger partial charge in [0.2, 0.25) is 10.0 Å². The first-order valence-corrected chi connectivity index (χ1v) is 11.1. The van der Waals surface area contributed by atoms with Gasteiger partial charge in [0.25, 0.3) is 0 Å². The van der Waals surface area contributed by atoms with Crippen LogP contribution in [-0.2, 0) is 16.4 Å². The second-order valence-corrected chi connectivity index (χ2v) is 9.60. The number of aliphatic hydroxyl groups excluding tert-OH is 1. The minimum absolute atomic E-state index is 0.488. The topological polar surface area (TPSA) is 60.9 Å². The molecule has 3 rings (SSSR count). The Bertz CT molecular complexity index is 719. The third-order valence-corrected chi connectivity index (χ3v) is 7.06. The molecule has 5 nitrogen and oxygen atoms in total. The summed E-state index contributed by atoms with van der Waals surface area (Å²) in [6.45, 7) is 6.74. The van der Waals surface area contributed by atoms with Gasteiger partial charge in [-0.3, -0.25) is 9.21 Å². The fourth-order valence-corrected chi connectivity index (χ4v) is 5.14. The van der Waals surface area contributed by atoms with Crippen LogP contribution in [-0.4, -0.2) is 50.4 Å². The van der Waals surface area contributed by atoms with Crippen molar-refractivity contribution in [3.05, 3.63) is 29.3 Å². The molecule has 0 radical (unpaired) electrons. The van der Waals surface area contributed by atoms with Crippen molar-refractivity contribution in [2.45, 2.75) is 51.7 Å². The summed E-state index contributed by atoms with van der Waals surface area (Å²) in [5.41, 5.74) is 2.68. The number of hydrogen-bond donors (Lipinski definition) is 1. The van der Waals surface area contributed by atoms with Gasteiger partial charge in [-0.2, -0.15) is 0 Å². The number of sulfonamides is 1. The summed E-state index contributed by atoms with van der Waals surface area (Å²) in [7, 11) is -3.25. The highest BCUT2D eigenvalue weighted by molar-refractivity contribution is 7.92. The van der Waals surface area contributed by atoms with Crippen LogP contribution in [0.3, 0.4) is 0 Å². The number of β-amino-alcohol motifs (C(OH)–C–C–N with tert-alkyl or cyclic N) is 1. The monoisotopic (exact) mass is 366 g/mol. The zero-order chi connectivity index (χ0) is 18.2. The van der Waals surface area contributed by atoms with E-state index in [0.717, 1.165) is 36.2 Å². The van der Waals surface area contributed by atoms with Crippen molar-refractivity contribution in [2.24, 2.45) is 5.92 Å². The van der Waals surface area contributed by atoms with E-state index >= 15 is 0 Å². The summed E-state index contributed by atoms with van der Waals surface area (Å²) >= 11 is 0. The maximum Gasteiger partial charge on any atom is 0.232 e. The summed E-state index contributed by atoms with van der Waals surface area (Å²) in [4.78, 5) is 2.38. The lowest BCUT2D eigenvalue weighted by Crippen LogP contribution is -2.44. The van der Waals surface area contributed by atoms with E-state index in [0.29, 0.717) is 25.0 Å². The Balaban J connectivity index is 1.77. The van der Waals surface area contributed by atoms with Crippen LogP contribution in [0.1, 0.15) is 50.3 Å². The minimum Gasteiger partial charge on any atom is -0.387 e. The quantitative estimate of drug-likeness (QED) is 0.890. The molecule has 2 aliphatic rings. The van der Waals surface area contributed by atoms with Crippen molar-refractivity contribution >= 4 is 15.7 Å². The van der Waals surface area contributed by atoms with E-state index in [2.05, 4.69) is 18.7 Å². The molecule has 0 aliphatic carbocycles. The maximum atomic E-state index is 12.0. The van der Waals surface area contributed by atoms with Crippen LogP contribution in [0.25, 0.3) is 0 Å². The number of fused-ring (bicyclic) bond motifs is 1. The molecule has 0 aromatic heterocycles. The molecule has 25 heavy (non-hydrogen) atoms. The SMILES string of the molecule is C[C@@H]1CCCN(C[C@H](O)c2ccc3c(c2)CCCN3S(C)(=O)=O)[C@@H]1C. The summed E-state index contributed by atoms with van der Waals surface area (Å²) < 4.78 is 25.4. The molecule has 1 N–H and O–H groups in total. The number of likely N-dealkylation sites (tertiary alicyclic amines) is 1. The highest BCUT2D eigenvalue weighted by Gasteiger charge is 2.28. The van der Waals surface area contributed by atoms with Gasteiger partial charge >= 0.3 is 0 Å². The van der Waals surface area contributed by atoms with Crippen molar-refractivity contribution in [1.29, 1.82) is 0 Å². The zero-order valence-corrected chi connectivity index (χ0v) is 16.3. The molecule has 1 aromatic carbocycles. The van der Waals surface area contributed by atoms with Crippen LogP contribution in [0.4, 0.5) is 5.69 Å². The van der Waals surface area contributed by atoms with Crippen LogP contribution in [0.15, 0.2) is 18.2 Å². The van der Waals surface area contributed by atoms with E-state index < -0.39 is 16.1 Å². The van der Waals surface area contributed by atoms with Crippen LogP contribution in [0.2, 0.25) is 0 Å². The summed E-state index contributed by atoms with van der Waals surface area (Å²) in [5, 5.41) is 10.7.